The van der Waals surface area contributed by atoms with Crippen molar-refractivity contribution < 1.29 is 14.2 Å². The van der Waals surface area contributed by atoms with Gasteiger partial charge in [0, 0.05) is 13.2 Å². The molecule has 0 aromatic carbocycles. The number of rotatable bonds is 7. The fourth-order valence-electron chi connectivity index (χ4n) is 1.90. The molecule has 1 atom stereocenters. The predicted octanol–water partition coefficient (Wildman–Crippen LogP) is 3.55. The maximum Gasteiger partial charge on any atom is 0.157 e. The highest BCUT2D eigenvalue weighted by Gasteiger charge is 2.13. The Morgan fingerprint density at radius 3 is 2.89 bits per heavy atom. The molecule has 0 amide bonds. The van der Waals surface area contributed by atoms with Gasteiger partial charge in [-0.25, -0.2) is 4.98 Å². The summed E-state index contributed by atoms with van der Waals surface area (Å²) in [5.41, 5.74) is 0. The molecular weight excluding hydrogens is 310 g/mol. The Labute approximate surface area is 122 Å². The zero-order chi connectivity index (χ0) is 13.3. The average molecular weight is 330 g/mol. The molecule has 106 valence electrons. The van der Waals surface area contributed by atoms with E-state index >= 15 is 0 Å². The minimum atomic E-state index is 0.0188. The van der Waals surface area contributed by atoms with Crippen LogP contribution >= 0.6 is 15.9 Å². The van der Waals surface area contributed by atoms with E-state index in [4.69, 9.17) is 14.2 Å². The lowest BCUT2D eigenvalue weighted by molar-refractivity contribution is -0.162. The molecule has 1 aliphatic heterocycles. The molecule has 1 aliphatic rings. The lowest BCUT2D eigenvalue weighted by Gasteiger charge is -2.22. The van der Waals surface area contributed by atoms with Gasteiger partial charge in [0.05, 0.1) is 12.8 Å². The minimum absolute atomic E-state index is 0.0188. The quantitative estimate of drug-likeness (QED) is 0.566. The molecule has 1 saturated heterocycles. The van der Waals surface area contributed by atoms with Crippen molar-refractivity contribution in [2.24, 2.45) is 0 Å². The van der Waals surface area contributed by atoms with Crippen LogP contribution in [0.3, 0.4) is 0 Å². The van der Waals surface area contributed by atoms with Crippen LogP contribution in [0.2, 0.25) is 0 Å². The summed E-state index contributed by atoms with van der Waals surface area (Å²) < 4.78 is 17.6. The van der Waals surface area contributed by atoms with E-state index in [1.807, 2.05) is 12.1 Å². The molecule has 0 bridgehead atoms. The summed E-state index contributed by atoms with van der Waals surface area (Å²) in [4.78, 5) is 4.11. The summed E-state index contributed by atoms with van der Waals surface area (Å²) in [5.74, 6) is 0.805. The smallest absolute Gasteiger partial charge is 0.157 e. The van der Waals surface area contributed by atoms with Gasteiger partial charge in [-0.05, 0) is 60.2 Å². The fourth-order valence-corrected chi connectivity index (χ4v) is 2.13. The van der Waals surface area contributed by atoms with Crippen LogP contribution in [-0.4, -0.2) is 31.1 Å². The molecule has 1 fully saturated rings. The molecule has 4 nitrogen and oxygen atoms in total. The summed E-state index contributed by atoms with van der Waals surface area (Å²) in [7, 11) is 0. The SMILES string of the molecule is Brc1ccc(OCCCCOC2CCCCO2)cn1. The minimum Gasteiger partial charge on any atom is -0.492 e. The van der Waals surface area contributed by atoms with Crippen LogP contribution in [-0.2, 0) is 9.47 Å². The van der Waals surface area contributed by atoms with Crippen LogP contribution in [0, 0.1) is 0 Å². The van der Waals surface area contributed by atoms with Crippen molar-refractivity contribution in [1.29, 1.82) is 0 Å². The standard InChI is InChI=1S/C14H20BrNO3/c15-13-7-6-12(11-16-13)17-8-3-4-10-19-14-5-1-2-9-18-14/h6-7,11,14H,1-5,8-10H2. The molecule has 2 rings (SSSR count). The first-order valence-electron chi connectivity index (χ1n) is 6.82. The molecule has 0 radical (unpaired) electrons. The van der Waals surface area contributed by atoms with Crippen molar-refractivity contribution in [1.82, 2.24) is 4.98 Å². The number of hydrogen-bond donors (Lipinski definition) is 0. The average Bonchev–Trinajstić information content (AvgIpc) is 2.46. The van der Waals surface area contributed by atoms with Crippen molar-refractivity contribution >= 4 is 15.9 Å². The molecule has 0 aliphatic carbocycles. The van der Waals surface area contributed by atoms with Gasteiger partial charge < -0.3 is 14.2 Å². The monoisotopic (exact) mass is 329 g/mol. The normalized spacial score (nSPS) is 19.3. The highest BCUT2D eigenvalue weighted by Crippen LogP contribution is 2.15. The van der Waals surface area contributed by atoms with E-state index in [0.717, 1.165) is 49.2 Å². The Morgan fingerprint density at radius 1 is 1.26 bits per heavy atom. The van der Waals surface area contributed by atoms with Gasteiger partial charge >= 0.3 is 0 Å². The molecular formula is C14H20BrNO3. The maximum absolute atomic E-state index is 5.65. The summed E-state index contributed by atoms with van der Waals surface area (Å²) in [6.07, 6.45) is 7.11. The number of halogens is 1. The van der Waals surface area contributed by atoms with Gasteiger partial charge in [-0.2, -0.15) is 0 Å². The number of hydrogen-bond acceptors (Lipinski definition) is 4. The number of aromatic nitrogens is 1. The van der Waals surface area contributed by atoms with Crippen molar-refractivity contribution in [3.05, 3.63) is 22.9 Å². The number of ether oxygens (including phenoxy) is 3. The predicted molar refractivity (Wildman–Crippen MR) is 76.2 cm³/mol. The van der Waals surface area contributed by atoms with Crippen LogP contribution in [0.15, 0.2) is 22.9 Å². The Bertz CT molecular complexity index is 352. The van der Waals surface area contributed by atoms with Crippen molar-refractivity contribution in [2.75, 3.05) is 19.8 Å². The molecule has 1 aromatic rings. The fraction of sp³-hybridized carbons (Fsp3) is 0.643. The van der Waals surface area contributed by atoms with Crippen molar-refractivity contribution in [3.63, 3.8) is 0 Å². The summed E-state index contributed by atoms with van der Waals surface area (Å²) in [5, 5.41) is 0. The lowest BCUT2D eigenvalue weighted by Crippen LogP contribution is -2.22. The van der Waals surface area contributed by atoms with Gasteiger partial charge in [-0.15, -0.1) is 0 Å². The van der Waals surface area contributed by atoms with Gasteiger partial charge in [0.2, 0.25) is 0 Å². The summed E-state index contributed by atoms with van der Waals surface area (Å²) in [6, 6.07) is 3.78. The third-order valence-electron chi connectivity index (χ3n) is 2.95. The van der Waals surface area contributed by atoms with Crippen molar-refractivity contribution in [3.8, 4) is 5.75 Å². The second kappa shape index (κ2) is 8.51. The second-order valence-electron chi connectivity index (χ2n) is 4.54. The molecule has 0 N–H and O–H groups in total. The first-order chi connectivity index (χ1) is 9.34. The lowest BCUT2D eigenvalue weighted by atomic mass is 10.2. The summed E-state index contributed by atoms with van der Waals surface area (Å²) >= 11 is 3.29. The van der Waals surface area contributed by atoms with Gasteiger partial charge in [0.25, 0.3) is 0 Å². The molecule has 1 aromatic heterocycles. The van der Waals surface area contributed by atoms with E-state index in [2.05, 4.69) is 20.9 Å². The van der Waals surface area contributed by atoms with Gasteiger partial charge in [-0.3, -0.25) is 0 Å². The highest BCUT2D eigenvalue weighted by atomic mass is 79.9. The van der Waals surface area contributed by atoms with E-state index in [9.17, 15) is 0 Å². The Hall–Kier alpha value is -0.650. The molecule has 19 heavy (non-hydrogen) atoms. The Kier molecular flexibility index (Phi) is 6.61. The van der Waals surface area contributed by atoms with E-state index in [-0.39, 0.29) is 6.29 Å². The number of unbranched alkanes of at least 4 members (excludes halogenated alkanes) is 1. The van der Waals surface area contributed by atoms with Crippen molar-refractivity contribution in [2.45, 2.75) is 38.4 Å². The second-order valence-corrected chi connectivity index (χ2v) is 5.35. The zero-order valence-corrected chi connectivity index (χ0v) is 12.6. The first-order valence-corrected chi connectivity index (χ1v) is 7.61. The van der Waals surface area contributed by atoms with E-state index in [1.165, 1.54) is 6.42 Å². The highest BCUT2D eigenvalue weighted by molar-refractivity contribution is 9.10. The van der Waals surface area contributed by atoms with E-state index in [0.29, 0.717) is 6.61 Å². The third kappa shape index (κ3) is 5.89. The van der Waals surface area contributed by atoms with Crippen LogP contribution in [0.1, 0.15) is 32.1 Å². The topological polar surface area (TPSA) is 40.6 Å². The van der Waals surface area contributed by atoms with Crippen LogP contribution in [0.25, 0.3) is 0 Å². The summed E-state index contributed by atoms with van der Waals surface area (Å²) in [6.45, 7) is 2.27. The zero-order valence-electron chi connectivity index (χ0n) is 11.0. The number of pyridine rings is 1. The van der Waals surface area contributed by atoms with Crippen LogP contribution in [0.5, 0.6) is 5.75 Å². The van der Waals surface area contributed by atoms with Gasteiger partial charge in [0.1, 0.15) is 10.4 Å². The largest absolute Gasteiger partial charge is 0.492 e. The van der Waals surface area contributed by atoms with Gasteiger partial charge in [0.15, 0.2) is 6.29 Å². The van der Waals surface area contributed by atoms with Gasteiger partial charge in [-0.1, -0.05) is 0 Å². The Morgan fingerprint density at radius 2 is 2.16 bits per heavy atom. The molecule has 0 saturated carbocycles. The molecule has 5 heteroatoms. The Balaban J connectivity index is 1.49. The maximum atomic E-state index is 5.65. The molecule has 2 heterocycles. The van der Waals surface area contributed by atoms with E-state index in [1.54, 1.807) is 6.20 Å². The van der Waals surface area contributed by atoms with E-state index < -0.39 is 0 Å². The third-order valence-corrected chi connectivity index (χ3v) is 3.42. The first kappa shape index (κ1) is 14.8. The van der Waals surface area contributed by atoms with Crippen LogP contribution in [0.4, 0.5) is 0 Å². The molecule has 1 unspecified atom stereocenters. The molecule has 0 spiro atoms. The van der Waals surface area contributed by atoms with Crippen LogP contribution < -0.4 is 4.74 Å². The number of nitrogens with zero attached hydrogens (tertiary/aromatic N) is 1.